The summed E-state index contributed by atoms with van der Waals surface area (Å²) in [5.74, 6) is -0.490. The van der Waals surface area contributed by atoms with Gasteiger partial charge in [0, 0.05) is 25.4 Å². The van der Waals surface area contributed by atoms with Gasteiger partial charge in [0.1, 0.15) is 5.60 Å². The number of pyridine rings is 1. The van der Waals surface area contributed by atoms with E-state index in [1.54, 1.807) is 20.8 Å². The van der Waals surface area contributed by atoms with Crippen LogP contribution in [0.2, 0.25) is 0 Å². The first-order chi connectivity index (χ1) is 12.7. The number of hydrazine groups is 1. The smallest absolute Gasteiger partial charge is 0.429 e. The first-order valence-electron chi connectivity index (χ1n) is 9.41. The Labute approximate surface area is 159 Å². The summed E-state index contributed by atoms with van der Waals surface area (Å²) < 4.78 is 11.0. The van der Waals surface area contributed by atoms with E-state index >= 15 is 0 Å². The number of carbonyl (C=O) groups is 2. The van der Waals surface area contributed by atoms with Gasteiger partial charge in [-0.1, -0.05) is 13.3 Å². The average molecular weight is 379 g/mol. The topological polar surface area (TPSA) is 91.9 Å². The van der Waals surface area contributed by atoms with Crippen molar-refractivity contribution < 1.29 is 19.1 Å². The third kappa shape index (κ3) is 5.48. The summed E-state index contributed by atoms with van der Waals surface area (Å²) in [6, 6.07) is 1.32. The molecular formula is C19H29N3O5. The molecule has 2 amide bonds. The molecule has 1 aromatic rings. The molecule has 8 heteroatoms. The predicted octanol–water partition coefficient (Wildman–Crippen LogP) is 2.94. The molecule has 2 heterocycles. The van der Waals surface area contributed by atoms with E-state index in [1.807, 2.05) is 6.92 Å². The summed E-state index contributed by atoms with van der Waals surface area (Å²) in [5, 5.41) is 2.63. The van der Waals surface area contributed by atoms with Crippen molar-refractivity contribution in [3.8, 4) is 5.75 Å². The standard InChI is InChI=1S/C19H29N3O5/c1-5-6-13-26-16-14(23)9-10-20-15(16)17(24)21-11-7-8-12-22(21)18(25)27-19(2,3)4/h9-10H,5-8,11-13H2,1-4H3,(H,20,23). The third-order valence-corrected chi connectivity index (χ3v) is 3.99. The van der Waals surface area contributed by atoms with Crippen LogP contribution in [0, 0.1) is 0 Å². The monoisotopic (exact) mass is 379 g/mol. The van der Waals surface area contributed by atoms with Gasteiger partial charge in [-0.05, 0) is 40.0 Å². The van der Waals surface area contributed by atoms with Crippen molar-refractivity contribution in [2.45, 2.75) is 59.0 Å². The lowest BCUT2D eigenvalue weighted by Crippen LogP contribution is -2.54. The minimum absolute atomic E-state index is 0.00865. The minimum atomic E-state index is -0.668. The zero-order valence-electron chi connectivity index (χ0n) is 16.5. The van der Waals surface area contributed by atoms with E-state index in [0.717, 1.165) is 25.7 Å². The summed E-state index contributed by atoms with van der Waals surface area (Å²) in [5.41, 5.74) is -0.985. The van der Waals surface area contributed by atoms with Crippen molar-refractivity contribution in [2.75, 3.05) is 19.7 Å². The molecule has 0 atom stereocenters. The van der Waals surface area contributed by atoms with E-state index in [2.05, 4.69) is 4.98 Å². The van der Waals surface area contributed by atoms with Crippen LogP contribution in [-0.4, -0.2) is 52.3 Å². The number of H-pyrrole nitrogens is 1. The molecule has 27 heavy (non-hydrogen) atoms. The number of aromatic amines is 1. The van der Waals surface area contributed by atoms with Gasteiger partial charge < -0.3 is 14.5 Å². The van der Waals surface area contributed by atoms with Crippen LogP contribution >= 0.6 is 0 Å². The highest BCUT2D eigenvalue weighted by Gasteiger charge is 2.34. The van der Waals surface area contributed by atoms with Gasteiger partial charge >= 0.3 is 6.09 Å². The highest BCUT2D eigenvalue weighted by Crippen LogP contribution is 2.21. The lowest BCUT2D eigenvalue weighted by Gasteiger charge is -2.38. The SMILES string of the molecule is CCCCOc1c(C(=O)N2CCCCN2C(=O)OC(C)(C)C)[nH]ccc1=O. The maximum absolute atomic E-state index is 13.1. The second-order valence-corrected chi connectivity index (χ2v) is 7.49. The molecule has 1 aliphatic heterocycles. The van der Waals surface area contributed by atoms with Gasteiger partial charge in [-0.2, -0.15) is 0 Å². The van der Waals surface area contributed by atoms with Crippen LogP contribution < -0.4 is 10.2 Å². The highest BCUT2D eigenvalue weighted by atomic mass is 16.6. The number of amides is 2. The Balaban J connectivity index is 2.27. The van der Waals surface area contributed by atoms with Crippen LogP contribution in [0.5, 0.6) is 5.75 Å². The number of hydrogen-bond acceptors (Lipinski definition) is 5. The van der Waals surface area contributed by atoms with Crippen molar-refractivity contribution >= 4 is 12.0 Å². The maximum Gasteiger partial charge on any atom is 0.429 e. The maximum atomic E-state index is 13.1. The van der Waals surface area contributed by atoms with Gasteiger partial charge in [0.05, 0.1) is 6.61 Å². The summed E-state index contributed by atoms with van der Waals surface area (Å²) >= 11 is 0. The van der Waals surface area contributed by atoms with Crippen molar-refractivity contribution in [3.63, 3.8) is 0 Å². The van der Waals surface area contributed by atoms with Crippen LogP contribution in [0.3, 0.4) is 0 Å². The Hall–Kier alpha value is -2.51. The van der Waals surface area contributed by atoms with Crippen LogP contribution in [0.25, 0.3) is 0 Å². The normalized spacial score (nSPS) is 14.8. The molecule has 2 rings (SSSR count). The van der Waals surface area contributed by atoms with Gasteiger partial charge in [-0.15, -0.1) is 0 Å². The summed E-state index contributed by atoms with van der Waals surface area (Å²) in [7, 11) is 0. The van der Waals surface area contributed by atoms with Gasteiger partial charge in [0.25, 0.3) is 5.91 Å². The van der Waals surface area contributed by atoms with Gasteiger partial charge in [-0.25, -0.2) is 14.8 Å². The molecule has 1 saturated heterocycles. The number of unbranched alkanes of at least 4 members (excludes halogenated alkanes) is 1. The second-order valence-electron chi connectivity index (χ2n) is 7.49. The third-order valence-electron chi connectivity index (χ3n) is 3.99. The fraction of sp³-hybridized carbons (Fsp3) is 0.632. The largest absolute Gasteiger partial charge is 0.487 e. The van der Waals surface area contributed by atoms with E-state index in [-0.39, 0.29) is 16.9 Å². The first kappa shape index (κ1) is 20.8. The molecule has 0 radical (unpaired) electrons. The minimum Gasteiger partial charge on any atom is -0.487 e. The number of carbonyl (C=O) groups excluding carboxylic acids is 2. The predicted molar refractivity (Wildman–Crippen MR) is 101 cm³/mol. The molecule has 150 valence electrons. The molecule has 1 aromatic heterocycles. The van der Waals surface area contributed by atoms with Gasteiger partial charge in [-0.3, -0.25) is 9.59 Å². The van der Waals surface area contributed by atoms with Crippen molar-refractivity contribution in [1.29, 1.82) is 0 Å². The Kier molecular flexibility index (Phi) is 6.87. The second kappa shape index (κ2) is 8.92. The van der Waals surface area contributed by atoms with Crippen molar-refractivity contribution in [1.82, 2.24) is 15.0 Å². The Morgan fingerprint density at radius 1 is 1.19 bits per heavy atom. The molecule has 1 N–H and O–H groups in total. The highest BCUT2D eigenvalue weighted by molar-refractivity contribution is 5.95. The fourth-order valence-electron chi connectivity index (χ4n) is 2.70. The molecule has 0 aromatic carbocycles. The molecule has 0 bridgehead atoms. The molecule has 8 nitrogen and oxygen atoms in total. The Morgan fingerprint density at radius 3 is 2.48 bits per heavy atom. The van der Waals surface area contributed by atoms with E-state index in [0.29, 0.717) is 19.7 Å². The first-order valence-corrected chi connectivity index (χ1v) is 9.41. The van der Waals surface area contributed by atoms with Crippen LogP contribution in [-0.2, 0) is 4.74 Å². The van der Waals surface area contributed by atoms with E-state index < -0.39 is 17.6 Å². The van der Waals surface area contributed by atoms with E-state index in [9.17, 15) is 14.4 Å². The number of aromatic nitrogens is 1. The molecule has 1 fully saturated rings. The fourth-order valence-corrected chi connectivity index (χ4v) is 2.70. The van der Waals surface area contributed by atoms with E-state index in [4.69, 9.17) is 9.47 Å². The zero-order valence-corrected chi connectivity index (χ0v) is 16.5. The Bertz CT molecular complexity index is 723. The zero-order chi connectivity index (χ0) is 20.0. The molecule has 0 spiro atoms. The molecule has 0 saturated carbocycles. The van der Waals surface area contributed by atoms with Crippen molar-refractivity contribution in [3.05, 3.63) is 28.2 Å². The van der Waals surface area contributed by atoms with Gasteiger partial charge in [0.15, 0.2) is 11.4 Å². The molecule has 0 aliphatic carbocycles. The van der Waals surface area contributed by atoms with E-state index in [1.165, 1.54) is 22.3 Å². The van der Waals surface area contributed by atoms with Crippen LogP contribution in [0.4, 0.5) is 4.79 Å². The average Bonchev–Trinajstić information content (AvgIpc) is 2.61. The molecular weight excluding hydrogens is 350 g/mol. The number of nitrogens with zero attached hydrogens (tertiary/aromatic N) is 2. The van der Waals surface area contributed by atoms with Crippen molar-refractivity contribution in [2.24, 2.45) is 0 Å². The summed E-state index contributed by atoms with van der Waals surface area (Å²) in [4.78, 5) is 40.7. The summed E-state index contributed by atoms with van der Waals surface area (Å²) in [6.45, 7) is 8.42. The van der Waals surface area contributed by atoms with Gasteiger partial charge in [0.2, 0.25) is 5.43 Å². The lowest BCUT2D eigenvalue weighted by molar-refractivity contribution is -0.0508. The molecule has 1 aliphatic rings. The lowest BCUT2D eigenvalue weighted by atomic mass is 10.2. The molecule has 0 unspecified atom stereocenters. The quantitative estimate of drug-likeness (QED) is 0.794. The number of hydrogen-bond donors (Lipinski definition) is 1. The number of nitrogens with one attached hydrogen (secondary N) is 1. The van der Waals surface area contributed by atoms with Crippen LogP contribution in [0.15, 0.2) is 17.1 Å². The Morgan fingerprint density at radius 2 is 1.85 bits per heavy atom. The number of rotatable bonds is 5. The van der Waals surface area contributed by atoms with Crippen LogP contribution in [0.1, 0.15) is 63.9 Å². The summed E-state index contributed by atoms with van der Waals surface area (Å²) in [6.07, 6.45) is 4.04. The number of ether oxygens (including phenoxy) is 2.